The van der Waals surface area contributed by atoms with Crippen molar-refractivity contribution in [3.8, 4) is 0 Å². The molecule has 78 valence electrons. The largest absolute Gasteiger partial charge is 0.294 e. The lowest BCUT2D eigenvalue weighted by Crippen LogP contribution is -2.37. The van der Waals surface area contributed by atoms with E-state index in [1.807, 2.05) is 0 Å². The molecule has 0 rings (SSSR count). The first-order valence-corrected chi connectivity index (χ1v) is 3.50. The van der Waals surface area contributed by atoms with E-state index in [1.165, 1.54) is 0 Å². The van der Waals surface area contributed by atoms with Crippen molar-refractivity contribution in [1.82, 2.24) is 0 Å². The number of carbonyl (C=O) groups is 7. The molecule has 0 aromatic heterocycles. The summed E-state index contributed by atoms with van der Waals surface area (Å²) in [5.74, 6) is -10.5. The fraction of sp³-hybridized carbons (Fsp3) is 0.125. The third-order valence-electron chi connectivity index (χ3n) is 1.27. The Morgan fingerprint density at radius 1 is 0.733 bits per heavy atom. The van der Waals surface area contributed by atoms with E-state index in [-0.39, 0.29) is 0 Å². The smallest absolute Gasteiger partial charge is 0.281 e. The molecule has 0 saturated heterocycles. The summed E-state index contributed by atoms with van der Waals surface area (Å²) in [5, 5.41) is 0. The van der Waals surface area contributed by atoms with Crippen molar-refractivity contribution >= 4 is 41.0 Å². The van der Waals surface area contributed by atoms with Gasteiger partial charge < -0.3 is 0 Å². The van der Waals surface area contributed by atoms with E-state index in [0.29, 0.717) is 0 Å². The molecule has 7 heteroatoms. The van der Waals surface area contributed by atoms with Crippen LogP contribution < -0.4 is 0 Å². The minimum Gasteiger partial charge on any atom is -0.294 e. The van der Waals surface area contributed by atoms with E-state index in [4.69, 9.17) is 0 Å². The highest BCUT2D eigenvalue weighted by molar-refractivity contribution is 6.94. The molecule has 15 heavy (non-hydrogen) atoms. The van der Waals surface area contributed by atoms with E-state index in [9.17, 15) is 33.6 Å². The number of Topliss-reactive ketones (excluding diaryl/α,β-unsaturated/α-hetero) is 6. The summed E-state index contributed by atoms with van der Waals surface area (Å²) in [4.78, 5) is 73.2. The van der Waals surface area contributed by atoms with Crippen LogP contribution in [0, 0.1) is 0 Å². The van der Waals surface area contributed by atoms with E-state index >= 15 is 0 Å². The summed E-state index contributed by atoms with van der Waals surface area (Å²) in [6, 6.07) is 0. The molecule has 0 fully saturated rings. The lowest BCUT2D eigenvalue weighted by molar-refractivity contribution is -0.152. The van der Waals surface area contributed by atoms with Gasteiger partial charge in [0.25, 0.3) is 28.9 Å². The van der Waals surface area contributed by atoms with Gasteiger partial charge >= 0.3 is 0 Å². The van der Waals surface area contributed by atoms with Gasteiger partial charge in [-0.1, -0.05) is 0 Å². The van der Waals surface area contributed by atoms with E-state index < -0.39 is 41.0 Å². The Balaban J connectivity index is 4.90. The Bertz CT molecular complexity index is 401. The maximum atomic E-state index is 10.7. The molecule has 0 unspecified atom stereocenters. The number of hydrogen-bond acceptors (Lipinski definition) is 7. The van der Waals surface area contributed by atoms with Gasteiger partial charge in [-0.15, -0.1) is 0 Å². The molecule has 0 aliphatic carbocycles. The van der Waals surface area contributed by atoms with Gasteiger partial charge in [-0.05, 0) is 0 Å². The van der Waals surface area contributed by atoms with Crippen molar-refractivity contribution in [2.75, 3.05) is 0 Å². The molecule has 0 aliphatic heterocycles. The number of hydrogen-bond donors (Lipinski definition) is 0. The van der Waals surface area contributed by atoms with Gasteiger partial charge in [-0.25, -0.2) is 0 Å². The average molecular weight is 212 g/mol. The number of aldehydes is 1. The monoisotopic (exact) mass is 212 g/mol. The highest BCUT2D eigenvalue weighted by Gasteiger charge is 2.34. The van der Waals surface area contributed by atoms with Crippen molar-refractivity contribution in [3.05, 3.63) is 0 Å². The number of rotatable bonds is 6. The molecule has 0 N–H and O–H groups in total. The second-order valence-electron chi connectivity index (χ2n) is 2.35. The maximum absolute atomic E-state index is 10.7. The Morgan fingerprint density at radius 3 is 1.47 bits per heavy atom. The number of carbonyl (C=O) groups excluding carboxylic acids is 7. The van der Waals surface area contributed by atoms with Crippen molar-refractivity contribution < 1.29 is 33.6 Å². The zero-order chi connectivity index (χ0) is 12.2. The highest BCUT2D eigenvalue weighted by Crippen LogP contribution is 1.86. The quantitative estimate of drug-likeness (QED) is 0.274. The number of ketones is 6. The van der Waals surface area contributed by atoms with Crippen LogP contribution in [0.5, 0.6) is 0 Å². The Morgan fingerprint density at radius 2 is 1.13 bits per heavy atom. The summed E-state index contributed by atoms with van der Waals surface area (Å²) in [6.45, 7) is 0.722. The maximum Gasteiger partial charge on any atom is 0.281 e. The zero-order valence-corrected chi connectivity index (χ0v) is 7.44. The predicted octanol–water partition coefficient (Wildman–Crippen LogP) is -2.38. The van der Waals surface area contributed by atoms with Crippen LogP contribution in [-0.2, 0) is 33.6 Å². The van der Waals surface area contributed by atoms with Crippen LogP contribution >= 0.6 is 0 Å². The minimum atomic E-state index is -1.98. The van der Waals surface area contributed by atoms with E-state index in [2.05, 4.69) is 0 Å². The normalized spacial score (nSPS) is 8.87. The highest BCUT2D eigenvalue weighted by atomic mass is 16.2. The first-order chi connectivity index (χ1) is 6.82. The van der Waals surface area contributed by atoms with E-state index in [1.54, 1.807) is 0 Å². The molecule has 0 radical (unpaired) electrons. The molecular formula is C8H4O7. The van der Waals surface area contributed by atoms with Crippen LogP contribution in [-0.4, -0.2) is 41.0 Å². The van der Waals surface area contributed by atoms with Crippen molar-refractivity contribution in [3.63, 3.8) is 0 Å². The van der Waals surface area contributed by atoms with Crippen LogP contribution in [0.2, 0.25) is 0 Å². The molecule has 0 saturated carbocycles. The SMILES string of the molecule is CC(=O)C(=O)C(=O)C(=O)C(=O)C(=O)C=O. The first-order valence-electron chi connectivity index (χ1n) is 3.50. The third-order valence-corrected chi connectivity index (χ3v) is 1.27. The van der Waals surface area contributed by atoms with Gasteiger partial charge in [0, 0.05) is 6.92 Å². The lowest BCUT2D eigenvalue weighted by atomic mass is 10.1. The first kappa shape index (κ1) is 12.7. The molecule has 0 aliphatic rings. The second kappa shape index (κ2) is 4.80. The van der Waals surface area contributed by atoms with Gasteiger partial charge in [0.1, 0.15) is 0 Å². The summed E-state index contributed by atoms with van der Waals surface area (Å²) >= 11 is 0. The predicted molar refractivity (Wildman–Crippen MR) is 41.8 cm³/mol. The van der Waals surface area contributed by atoms with Gasteiger partial charge in [0.05, 0.1) is 0 Å². The fourth-order valence-electron chi connectivity index (χ4n) is 0.532. The summed E-state index contributed by atoms with van der Waals surface area (Å²) in [7, 11) is 0. The van der Waals surface area contributed by atoms with Crippen LogP contribution in [0.4, 0.5) is 0 Å². The van der Waals surface area contributed by atoms with Crippen molar-refractivity contribution in [1.29, 1.82) is 0 Å². The molecule has 7 nitrogen and oxygen atoms in total. The molecule has 0 aromatic carbocycles. The standard InChI is InChI=1S/C8H4O7/c1-3(10)5(12)7(14)8(15)6(13)4(11)2-9/h2H,1H3. The fourth-order valence-corrected chi connectivity index (χ4v) is 0.532. The lowest BCUT2D eigenvalue weighted by Gasteiger charge is -1.92. The topological polar surface area (TPSA) is 119 Å². The average Bonchev–Trinajstić information content (AvgIpc) is 2.23. The van der Waals surface area contributed by atoms with Crippen molar-refractivity contribution in [2.45, 2.75) is 6.92 Å². The molecule has 0 bridgehead atoms. The third kappa shape index (κ3) is 2.83. The molecule has 0 heterocycles. The zero-order valence-electron chi connectivity index (χ0n) is 7.44. The molecule has 0 spiro atoms. The van der Waals surface area contributed by atoms with Crippen LogP contribution in [0.3, 0.4) is 0 Å². The minimum absolute atomic E-state index is 0.467. The summed E-state index contributed by atoms with van der Waals surface area (Å²) < 4.78 is 0. The summed E-state index contributed by atoms with van der Waals surface area (Å²) in [6.07, 6.45) is -0.467. The molecule has 0 aromatic rings. The second-order valence-corrected chi connectivity index (χ2v) is 2.35. The van der Waals surface area contributed by atoms with E-state index in [0.717, 1.165) is 6.92 Å². The van der Waals surface area contributed by atoms with Gasteiger partial charge in [0.2, 0.25) is 5.78 Å². The van der Waals surface area contributed by atoms with Crippen molar-refractivity contribution in [2.24, 2.45) is 0 Å². The summed E-state index contributed by atoms with van der Waals surface area (Å²) in [5.41, 5.74) is 0. The Hall–Kier alpha value is -2.31. The Kier molecular flexibility index (Phi) is 4.06. The molecule has 0 atom stereocenters. The van der Waals surface area contributed by atoms with Crippen LogP contribution in [0.1, 0.15) is 6.92 Å². The van der Waals surface area contributed by atoms with Gasteiger partial charge in [-0.3, -0.25) is 33.6 Å². The Labute approximate surface area is 82.4 Å². The van der Waals surface area contributed by atoms with Crippen LogP contribution in [0.15, 0.2) is 0 Å². The van der Waals surface area contributed by atoms with Crippen LogP contribution in [0.25, 0.3) is 0 Å². The molecule has 0 amide bonds. The molecular weight excluding hydrogens is 208 g/mol. The van der Waals surface area contributed by atoms with Gasteiger partial charge in [-0.2, -0.15) is 0 Å². The van der Waals surface area contributed by atoms with Gasteiger partial charge in [0.15, 0.2) is 6.29 Å².